The summed E-state index contributed by atoms with van der Waals surface area (Å²) < 4.78 is 28.3. The number of benzene rings is 1. The van der Waals surface area contributed by atoms with E-state index in [1.165, 1.54) is 10.7 Å². The van der Waals surface area contributed by atoms with Crippen molar-refractivity contribution in [2.24, 2.45) is 5.92 Å². The van der Waals surface area contributed by atoms with E-state index in [0.29, 0.717) is 12.8 Å². The highest BCUT2D eigenvalue weighted by Gasteiger charge is 2.46. The summed E-state index contributed by atoms with van der Waals surface area (Å²) in [6.45, 7) is 1.90. The zero-order valence-corrected chi connectivity index (χ0v) is 18.1. The first-order chi connectivity index (χ1) is 14.4. The Morgan fingerprint density at radius 1 is 1.10 bits per heavy atom. The predicted molar refractivity (Wildman–Crippen MR) is 116 cm³/mol. The maximum absolute atomic E-state index is 13.5. The number of aryl methyl sites for hydroxylation is 1. The summed E-state index contributed by atoms with van der Waals surface area (Å²) in [6.07, 6.45) is 10.9. The molecule has 4 rings (SSSR count). The normalized spacial score (nSPS) is 25.1. The van der Waals surface area contributed by atoms with Crippen LogP contribution in [0.15, 0.2) is 52.6 Å². The number of allylic oxidation sites excluding steroid dienone is 1. The van der Waals surface area contributed by atoms with Crippen LogP contribution in [0, 0.1) is 29.6 Å². The largest absolute Gasteiger partial charge is 0.384 e. The molecule has 1 aliphatic heterocycles. The average Bonchev–Trinajstić information content (AvgIpc) is 2.75. The van der Waals surface area contributed by atoms with Crippen molar-refractivity contribution in [3.63, 3.8) is 0 Å². The van der Waals surface area contributed by atoms with Crippen LogP contribution < -0.4 is 5.32 Å². The second-order valence-corrected chi connectivity index (χ2v) is 10.3. The molecule has 7 heteroatoms. The van der Waals surface area contributed by atoms with Crippen molar-refractivity contribution in [1.29, 1.82) is 10.7 Å². The van der Waals surface area contributed by atoms with Gasteiger partial charge >= 0.3 is 0 Å². The molecular formula is C23H28N4O2S. The van der Waals surface area contributed by atoms with Gasteiger partial charge in [-0.15, -0.1) is 0 Å². The summed E-state index contributed by atoms with van der Waals surface area (Å²) in [5.74, 6) is -0.353. The fourth-order valence-corrected chi connectivity index (χ4v) is 6.47. The summed E-state index contributed by atoms with van der Waals surface area (Å²) in [6, 6.07) is 8.73. The second-order valence-electron chi connectivity index (χ2n) is 8.46. The van der Waals surface area contributed by atoms with Crippen molar-refractivity contribution in [1.82, 2.24) is 9.62 Å². The van der Waals surface area contributed by atoms with E-state index in [1.807, 2.05) is 13.0 Å². The third kappa shape index (κ3) is 3.65. The van der Waals surface area contributed by atoms with Crippen molar-refractivity contribution >= 4 is 15.9 Å². The van der Waals surface area contributed by atoms with Crippen LogP contribution in [0.3, 0.4) is 0 Å². The molecule has 0 spiro atoms. The third-order valence-corrected chi connectivity index (χ3v) is 8.29. The fraction of sp³-hybridized carbons (Fsp3) is 0.478. The quantitative estimate of drug-likeness (QED) is 0.714. The fourth-order valence-electron chi connectivity index (χ4n) is 4.84. The number of hydrogen-bond acceptors (Lipinski definition) is 5. The Labute approximate surface area is 178 Å². The van der Waals surface area contributed by atoms with Gasteiger partial charge in [-0.05, 0) is 44.7 Å². The molecule has 158 valence electrons. The molecule has 1 heterocycles. The summed E-state index contributed by atoms with van der Waals surface area (Å²) in [5, 5.41) is 22.2. The van der Waals surface area contributed by atoms with E-state index in [-0.39, 0.29) is 28.3 Å². The standard InChI is InChI=1S/C23H28N4O2S/c1-16-11-13-18(14-12-16)30(28,29)27-21-10-6-5-9-19(21)22(20(15-24)23(27)25)26-17-7-3-2-4-8-17/h5-6,11-14,17,19,21,25-26H,2-4,7-10H2,1H3. The van der Waals surface area contributed by atoms with E-state index >= 15 is 0 Å². The highest BCUT2D eigenvalue weighted by atomic mass is 32.2. The number of nitrogens with one attached hydrogen (secondary N) is 2. The minimum atomic E-state index is -3.94. The Bertz CT molecular complexity index is 1030. The number of rotatable bonds is 4. The van der Waals surface area contributed by atoms with Gasteiger partial charge in [0, 0.05) is 17.7 Å². The molecule has 1 saturated carbocycles. The number of nitrogens with zero attached hydrogens (tertiary/aromatic N) is 2. The van der Waals surface area contributed by atoms with Crippen LogP contribution in [0.2, 0.25) is 0 Å². The molecule has 0 amide bonds. The summed E-state index contributed by atoms with van der Waals surface area (Å²) in [4.78, 5) is 0.159. The Kier molecular flexibility index (Phi) is 5.70. The third-order valence-electron chi connectivity index (χ3n) is 6.45. The molecule has 2 aliphatic carbocycles. The van der Waals surface area contributed by atoms with E-state index < -0.39 is 16.1 Å². The lowest BCUT2D eigenvalue weighted by molar-refractivity contribution is 0.289. The highest BCUT2D eigenvalue weighted by Crippen LogP contribution is 2.39. The second kappa shape index (κ2) is 8.27. The molecule has 1 fully saturated rings. The lowest BCUT2D eigenvalue weighted by Crippen LogP contribution is -2.55. The molecule has 2 N–H and O–H groups in total. The van der Waals surface area contributed by atoms with Gasteiger partial charge in [0.25, 0.3) is 10.0 Å². The molecule has 3 aliphatic rings. The first kappa shape index (κ1) is 20.7. The molecule has 1 aromatic rings. The summed E-state index contributed by atoms with van der Waals surface area (Å²) in [7, 11) is -3.94. The van der Waals surface area contributed by atoms with Crippen LogP contribution in [-0.2, 0) is 10.0 Å². The maximum atomic E-state index is 13.5. The van der Waals surface area contributed by atoms with Crippen molar-refractivity contribution < 1.29 is 8.42 Å². The molecule has 0 bridgehead atoms. The smallest absolute Gasteiger partial charge is 0.265 e. The van der Waals surface area contributed by atoms with Crippen molar-refractivity contribution in [2.45, 2.75) is 68.8 Å². The Balaban J connectivity index is 1.76. The van der Waals surface area contributed by atoms with Crippen LogP contribution >= 0.6 is 0 Å². The Hall–Kier alpha value is -2.59. The van der Waals surface area contributed by atoms with E-state index in [2.05, 4.69) is 17.5 Å². The number of sulfonamides is 1. The predicted octanol–water partition coefficient (Wildman–Crippen LogP) is 4.01. The summed E-state index contributed by atoms with van der Waals surface area (Å²) >= 11 is 0. The van der Waals surface area contributed by atoms with Gasteiger partial charge in [0.05, 0.1) is 10.9 Å². The molecule has 2 unspecified atom stereocenters. The van der Waals surface area contributed by atoms with Crippen LogP contribution in [-0.4, -0.2) is 30.6 Å². The molecular weight excluding hydrogens is 396 g/mol. The van der Waals surface area contributed by atoms with Gasteiger partial charge in [0.15, 0.2) is 5.84 Å². The van der Waals surface area contributed by atoms with E-state index in [4.69, 9.17) is 5.41 Å². The highest BCUT2D eigenvalue weighted by molar-refractivity contribution is 7.89. The van der Waals surface area contributed by atoms with Gasteiger partial charge in [0.2, 0.25) is 0 Å². The van der Waals surface area contributed by atoms with E-state index in [0.717, 1.165) is 36.9 Å². The van der Waals surface area contributed by atoms with Crippen molar-refractivity contribution in [3.05, 3.63) is 53.3 Å². The number of hydrogen-bond donors (Lipinski definition) is 2. The van der Waals surface area contributed by atoms with Crippen LogP contribution in [0.25, 0.3) is 0 Å². The van der Waals surface area contributed by atoms with Crippen molar-refractivity contribution in [2.75, 3.05) is 0 Å². The molecule has 0 saturated heterocycles. The van der Waals surface area contributed by atoms with Gasteiger partial charge in [0.1, 0.15) is 11.6 Å². The SMILES string of the molecule is Cc1ccc(S(=O)(=O)N2C(=N)C(C#N)=C(NC3CCCCC3)C3CC=CCC32)cc1. The number of nitriles is 1. The molecule has 30 heavy (non-hydrogen) atoms. The molecule has 2 atom stereocenters. The number of fused-ring (bicyclic) bond motifs is 1. The van der Waals surface area contributed by atoms with E-state index in [1.54, 1.807) is 24.3 Å². The zero-order valence-electron chi connectivity index (χ0n) is 17.3. The first-order valence-corrected chi connectivity index (χ1v) is 12.1. The average molecular weight is 425 g/mol. The first-order valence-electron chi connectivity index (χ1n) is 10.7. The van der Waals surface area contributed by atoms with Gasteiger partial charge in [-0.25, -0.2) is 12.7 Å². The lowest BCUT2D eigenvalue weighted by Gasteiger charge is -2.44. The maximum Gasteiger partial charge on any atom is 0.265 e. The monoisotopic (exact) mass is 424 g/mol. The number of amidine groups is 1. The van der Waals surface area contributed by atoms with Gasteiger partial charge in [-0.1, -0.05) is 49.1 Å². The zero-order chi connectivity index (χ0) is 21.3. The Morgan fingerprint density at radius 2 is 1.77 bits per heavy atom. The van der Waals surface area contributed by atoms with Gasteiger partial charge in [-0.2, -0.15) is 5.26 Å². The van der Waals surface area contributed by atoms with E-state index in [9.17, 15) is 13.7 Å². The molecule has 0 aromatic heterocycles. The topological polar surface area (TPSA) is 97.1 Å². The van der Waals surface area contributed by atoms with Crippen LogP contribution in [0.1, 0.15) is 50.5 Å². The van der Waals surface area contributed by atoms with Gasteiger partial charge < -0.3 is 5.32 Å². The molecule has 6 nitrogen and oxygen atoms in total. The van der Waals surface area contributed by atoms with Crippen LogP contribution in [0.4, 0.5) is 0 Å². The molecule has 1 aromatic carbocycles. The van der Waals surface area contributed by atoms with Gasteiger partial charge in [-0.3, -0.25) is 5.41 Å². The molecule has 0 radical (unpaired) electrons. The lowest BCUT2D eigenvalue weighted by atomic mass is 9.80. The summed E-state index contributed by atoms with van der Waals surface area (Å²) in [5.41, 5.74) is 1.89. The minimum Gasteiger partial charge on any atom is -0.384 e. The minimum absolute atomic E-state index is 0.138. The van der Waals surface area contributed by atoms with Crippen molar-refractivity contribution in [3.8, 4) is 6.07 Å². The van der Waals surface area contributed by atoms with Crippen LogP contribution in [0.5, 0.6) is 0 Å². The Morgan fingerprint density at radius 3 is 2.43 bits per heavy atom.